The van der Waals surface area contributed by atoms with Crippen LogP contribution in [0.3, 0.4) is 0 Å². The van der Waals surface area contributed by atoms with Gasteiger partial charge in [-0.3, -0.25) is 5.10 Å². The first-order chi connectivity index (χ1) is 9.09. The molecule has 0 aliphatic heterocycles. The SMILES string of the molecule is CCC(C)(C)NS(=O)(=O)c1n[nH]c(C)c1CNC(C)C. The Bertz CT molecular complexity index is 547. The Morgan fingerprint density at radius 1 is 1.35 bits per heavy atom. The second-order valence-corrected chi connectivity index (χ2v) is 7.61. The predicted octanol–water partition coefficient (Wildman–Crippen LogP) is 1.68. The molecular formula is C13H26N4O2S. The van der Waals surface area contributed by atoms with Gasteiger partial charge in [-0.1, -0.05) is 20.8 Å². The molecule has 0 radical (unpaired) electrons. The molecular weight excluding hydrogens is 276 g/mol. The highest BCUT2D eigenvalue weighted by Crippen LogP contribution is 2.19. The molecule has 1 aromatic rings. The van der Waals surface area contributed by atoms with Crippen molar-refractivity contribution in [2.24, 2.45) is 0 Å². The molecule has 1 rings (SSSR count). The van der Waals surface area contributed by atoms with Gasteiger partial charge in [-0.2, -0.15) is 5.10 Å². The van der Waals surface area contributed by atoms with Crippen molar-refractivity contribution in [3.8, 4) is 0 Å². The van der Waals surface area contributed by atoms with E-state index in [-0.39, 0.29) is 11.1 Å². The summed E-state index contributed by atoms with van der Waals surface area (Å²) in [6.07, 6.45) is 0.704. The second kappa shape index (κ2) is 6.24. The molecule has 0 atom stereocenters. The van der Waals surface area contributed by atoms with E-state index in [1.165, 1.54) is 0 Å². The summed E-state index contributed by atoms with van der Waals surface area (Å²) in [5.74, 6) is 0. The standard InChI is InChI=1S/C13H26N4O2S/c1-7-13(5,6)17-20(18,19)12-11(8-14-9(2)3)10(4)15-16-12/h9,14,17H,7-8H2,1-6H3,(H,15,16). The van der Waals surface area contributed by atoms with Gasteiger partial charge >= 0.3 is 0 Å². The van der Waals surface area contributed by atoms with Crippen LogP contribution in [-0.4, -0.2) is 30.2 Å². The van der Waals surface area contributed by atoms with E-state index in [0.717, 1.165) is 5.69 Å². The van der Waals surface area contributed by atoms with E-state index in [9.17, 15) is 8.42 Å². The fourth-order valence-electron chi connectivity index (χ4n) is 1.65. The zero-order valence-electron chi connectivity index (χ0n) is 13.2. The molecule has 7 heteroatoms. The molecule has 0 aliphatic rings. The minimum Gasteiger partial charge on any atom is -0.310 e. The Labute approximate surface area is 121 Å². The summed E-state index contributed by atoms with van der Waals surface area (Å²) in [6, 6.07) is 0.278. The van der Waals surface area contributed by atoms with Gasteiger partial charge in [0.15, 0.2) is 5.03 Å². The summed E-state index contributed by atoms with van der Waals surface area (Å²) in [4.78, 5) is 0. The van der Waals surface area contributed by atoms with Crippen LogP contribution >= 0.6 is 0 Å². The Balaban J connectivity index is 3.07. The lowest BCUT2D eigenvalue weighted by atomic mass is 10.0. The Kier molecular flexibility index (Phi) is 5.34. The van der Waals surface area contributed by atoms with E-state index in [2.05, 4.69) is 20.2 Å². The minimum absolute atomic E-state index is 0.0877. The van der Waals surface area contributed by atoms with Gasteiger partial charge in [0, 0.05) is 29.4 Å². The largest absolute Gasteiger partial charge is 0.310 e. The third-order valence-electron chi connectivity index (χ3n) is 3.27. The van der Waals surface area contributed by atoms with Crippen molar-refractivity contribution < 1.29 is 8.42 Å². The summed E-state index contributed by atoms with van der Waals surface area (Å²) in [7, 11) is -3.62. The number of hydrogen-bond donors (Lipinski definition) is 3. The third kappa shape index (κ3) is 4.29. The highest BCUT2D eigenvalue weighted by atomic mass is 32.2. The maximum atomic E-state index is 12.5. The first kappa shape index (κ1) is 17.1. The first-order valence-corrected chi connectivity index (χ1v) is 8.38. The average Bonchev–Trinajstić information content (AvgIpc) is 2.67. The van der Waals surface area contributed by atoms with Crippen LogP contribution in [0.1, 0.15) is 52.3 Å². The number of nitrogens with zero attached hydrogens (tertiary/aromatic N) is 1. The fraction of sp³-hybridized carbons (Fsp3) is 0.769. The maximum absolute atomic E-state index is 12.5. The van der Waals surface area contributed by atoms with E-state index in [0.29, 0.717) is 18.5 Å². The van der Waals surface area contributed by atoms with Crippen molar-refractivity contribution in [1.29, 1.82) is 0 Å². The molecule has 0 unspecified atom stereocenters. The van der Waals surface area contributed by atoms with E-state index in [1.807, 2.05) is 41.5 Å². The van der Waals surface area contributed by atoms with Gasteiger partial charge in [0.2, 0.25) is 0 Å². The van der Waals surface area contributed by atoms with E-state index < -0.39 is 15.6 Å². The lowest BCUT2D eigenvalue weighted by Crippen LogP contribution is -2.43. The summed E-state index contributed by atoms with van der Waals surface area (Å²) < 4.78 is 27.6. The van der Waals surface area contributed by atoms with Crippen molar-refractivity contribution in [3.63, 3.8) is 0 Å². The van der Waals surface area contributed by atoms with Crippen molar-refractivity contribution in [3.05, 3.63) is 11.3 Å². The zero-order valence-corrected chi connectivity index (χ0v) is 14.0. The van der Waals surface area contributed by atoms with Crippen molar-refractivity contribution >= 4 is 10.0 Å². The van der Waals surface area contributed by atoms with Gasteiger partial charge < -0.3 is 5.32 Å². The van der Waals surface area contributed by atoms with Gasteiger partial charge in [-0.15, -0.1) is 0 Å². The molecule has 1 aromatic heterocycles. The van der Waals surface area contributed by atoms with Crippen LogP contribution in [0, 0.1) is 6.92 Å². The van der Waals surface area contributed by atoms with Gasteiger partial charge in [0.1, 0.15) is 0 Å². The van der Waals surface area contributed by atoms with Crippen molar-refractivity contribution in [2.75, 3.05) is 0 Å². The van der Waals surface area contributed by atoms with Gasteiger partial charge in [0.25, 0.3) is 10.0 Å². The van der Waals surface area contributed by atoms with E-state index in [4.69, 9.17) is 0 Å². The molecule has 1 heterocycles. The summed E-state index contributed by atoms with van der Waals surface area (Å²) in [6.45, 7) is 12.0. The highest BCUT2D eigenvalue weighted by molar-refractivity contribution is 7.89. The lowest BCUT2D eigenvalue weighted by molar-refractivity contribution is 0.437. The summed E-state index contributed by atoms with van der Waals surface area (Å²) in [5.41, 5.74) is 0.972. The molecule has 20 heavy (non-hydrogen) atoms. The Hall–Kier alpha value is -0.920. The van der Waals surface area contributed by atoms with Crippen molar-refractivity contribution in [2.45, 2.75) is 71.1 Å². The monoisotopic (exact) mass is 302 g/mol. The molecule has 0 aromatic carbocycles. The number of rotatable bonds is 7. The van der Waals surface area contributed by atoms with Crippen LogP contribution in [0.2, 0.25) is 0 Å². The van der Waals surface area contributed by atoms with Gasteiger partial charge in [-0.25, -0.2) is 13.1 Å². The first-order valence-electron chi connectivity index (χ1n) is 6.90. The fourth-order valence-corrected chi connectivity index (χ4v) is 3.33. The average molecular weight is 302 g/mol. The number of aromatic amines is 1. The molecule has 0 bridgehead atoms. The molecule has 0 spiro atoms. The summed E-state index contributed by atoms with van der Waals surface area (Å²) >= 11 is 0. The van der Waals surface area contributed by atoms with E-state index >= 15 is 0 Å². The quantitative estimate of drug-likeness (QED) is 0.715. The second-order valence-electron chi connectivity index (χ2n) is 6.01. The zero-order chi connectivity index (χ0) is 15.6. The third-order valence-corrected chi connectivity index (χ3v) is 4.94. The normalized spacial score (nSPS) is 13.2. The number of H-pyrrole nitrogens is 1. The Morgan fingerprint density at radius 3 is 2.45 bits per heavy atom. The molecule has 116 valence electrons. The molecule has 0 saturated carbocycles. The smallest absolute Gasteiger partial charge is 0.260 e. The summed E-state index contributed by atoms with van der Waals surface area (Å²) in [5, 5.41) is 10.0. The number of hydrogen-bond acceptors (Lipinski definition) is 4. The van der Waals surface area contributed by atoms with Crippen LogP contribution in [0.4, 0.5) is 0 Å². The molecule has 0 fully saturated rings. The molecule has 0 saturated heterocycles. The van der Waals surface area contributed by atoms with Gasteiger partial charge in [0.05, 0.1) is 0 Å². The molecule has 0 aliphatic carbocycles. The number of nitrogens with one attached hydrogen (secondary N) is 3. The number of sulfonamides is 1. The lowest BCUT2D eigenvalue weighted by Gasteiger charge is -2.23. The van der Waals surface area contributed by atoms with Crippen LogP contribution in [0.15, 0.2) is 5.03 Å². The number of aryl methyl sites for hydroxylation is 1. The van der Waals surface area contributed by atoms with E-state index in [1.54, 1.807) is 0 Å². The van der Waals surface area contributed by atoms with Crippen LogP contribution in [0.5, 0.6) is 0 Å². The minimum atomic E-state index is -3.62. The van der Waals surface area contributed by atoms with Crippen LogP contribution in [-0.2, 0) is 16.6 Å². The highest BCUT2D eigenvalue weighted by Gasteiger charge is 2.29. The van der Waals surface area contributed by atoms with Crippen LogP contribution < -0.4 is 10.0 Å². The topological polar surface area (TPSA) is 86.9 Å². The Morgan fingerprint density at radius 2 is 1.95 bits per heavy atom. The number of aromatic nitrogens is 2. The molecule has 6 nitrogen and oxygen atoms in total. The van der Waals surface area contributed by atoms with Gasteiger partial charge in [-0.05, 0) is 27.2 Å². The maximum Gasteiger partial charge on any atom is 0.260 e. The van der Waals surface area contributed by atoms with Crippen LogP contribution in [0.25, 0.3) is 0 Å². The molecule has 0 amide bonds. The van der Waals surface area contributed by atoms with Crippen molar-refractivity contribution in [1.82, 2.24) is 20.2 Å². The predicted molar refractivity (Wildman–Crippen MR) is 80.0 cm³/mol. The molecule has 3 N–H and O–H groups in total.